The van der Waals surface area contributed by atoms with E-state index < -0.39 is 23.4 Å². The molecule has 0 amide bonds. The van der Waals surface area contributed by atoms with Crippen LogP contribution in [0.4, 0.5) is 0 Å². The lowest BCUT2D eigenvalue weighted by Gasteiger charge is -2.68. The average Bonchev–Trinajstić information content (AvgIpc) is 3.09. The van der Waals surface area contributed by atoms with Crippen LogP contribution in [0, 0.1) is 34.0 Å². The molecule has 0 bridgehead atoms. The van der Waals surface area contributed by atoms with E-state index in [1.54, 1.807) is 7.11 Å². The van der Waals surface area contributed by atoms with E-state index in [0.29, 0.717) is 13.0 Å². The SMILES string of the molecule is COc1ccc(C2O[C@H]3C[C@H]4OC[C@@]4(C)[C@H]4[C@H](C)[C@]5(C(C)(C)O)C[C@H](O)C(C)=C5[C@H](C)[C@H](O2)[C@]34C)cc1. The Labute approximate surface area is 221 Å². The van der Waals surface area contributed by atoms with Crippen LogP contribution < -0.4 is 4.74 Å². The summed E-state index contributed by atoms with van der Waals surface area (Å²) < 4.78 is 25.5. The monoisotopic (exact) mass is 512 g/mol. The van der Waals surface area contributed by atoms with Gasteiger partial charge in [-0.15, -0.1) is 0 Å². The molecule has 6 nitrogen and oxygen atoms in total. The fourth-order valence-corrected chi connectivity index (χ4v) is 10.0. The summed E-state index contributed by atoms with van der Waals surface area (Å²) in [5.74, 6) is 1.09. The van der Waals surface area contributed by atoms with E-state index in [2.05, 4.69) is 34.6 Å². The van der Waals surface area contributed by atoms with Gasteiger partial charge in [-0.2, -0.15) is 0 Å². The second-order valence-electron chi connectivity index (χ2n) is 13.6. The van der Waals surface area contributed by atoms with Crippen molar-refractivity contribution in [1.29, 1.82) is 0 Å². The second kappa shape index (κ2) is 8.04. The minimum Gasteiger partial charge on any atom is -0.497 e. The minimum absolute atomic E-state index is 0.00863. The number of rotatable bonds is 3. The summed E-state index contributed by atoms with van der Waals surface area (Å²) in [6, 6.07) is 7.93. The first-order valence-electron chi connectivity index (χ1n) is 14.0. The first-order chi connectivity index (χ1) is 17.3. The molecule has 2 saturated heterocycles. The largest absolute Gasteiger partial charge is 0.497 e. The lowest BCUT2D eigenvalue weighted by atomic mass is 9.44. The number of methoxy groups -OCH3 is 1. The summed E-state index contributed by atoms with van der Waals surface area (Å²) in [7, 11) is 1.67. The van der Waals surface area contributed by atoms with Gasteiger partial charge < -0.3 is 29.2 Å². The second-order valence-corrected chi connectivity index (χ2v) is 13.6. The Bertz CT molecular complexity index is 1110. The molecule has 2 N–H and O–H groups in total. The molecular formula is C31H44O6. The fraction of sp³-hybridized carbons (Fsp3) is 0.742. The molecule has 0 radical (unpaired) electrons. The molecule has 2 heterocycles. The normalized spacial score (nSPS) is 48.9. The lowest BCUT2D eigenvalue weighted by molar-refractivity contribution is -0.381. The maximum atomic E-state index is 11.9. The third-order valence-electron chi connectivity index (χ3n) is 11.6. The molecule has 3 aliphatic carbocycles. The molecule has 1 unspecified atom stereocenters. The van der Waals surface area contributed by atoms with Crippen molar-refractivity contribution < 1.29 is 29.2 Å². The number of hydrogen-bond donors (Lipinski definition) is 2. The van der Waals surface area contributed by atoms with E-state index in [1.165, 1.54) is 5.57 Å². The predicted molar refractivity (Wildman–Crippen MR) is 140 cm³/mol. The van der Waals surface area contributed by atoms with Crippen LogP contribution in [-0.2, 0) is 14.2 Å². The van der Waals surface area contributed by atoms with Crippen molar-refractivity contribution in [2.24, 2.45) is 34.0 Å². The zero-order chi connectivity index (χ0) is 26.7. The Balaban J connectivity index is 1.55. The molecule has 4 fully saturated rings. The number of hydrogen-bond acceptors (Lipinski definition) is 6. The Morgan fingerprint density at radius 1 is 1.05 bits per heavy atom. The third-order valence-corrected chi connectivity index (χ3v) is 11.6. The summed E-state index contributed by atoms with van der Waals surface area (Å²) in [4.78, 5) is 0. The number of aliphatic hydroxyl groups excluding tert-OH is 1. The van der Waals surface area contributed by atoms with Crippen molar-refractivity contribution in [1.82, 2.24) is 0 Å². The lowest BCUT2D eigenvalue weighted by Crippen LogP contribution is -2.72. The summed E-state index contributed by atoms with van der Waals surface area (Å²) in [6.07, 6.45) is 0.245. The van der Waals surface area contributed by atoms with Crippen LogP contribution in [-0.4, -0.2) is 53.9 Å². The molecule has 204 valence electrons. The zero-order valence-corrected chi connectivity index (χ0v) is 23.6. The topological polar surface area (TPSA) is 77.4 Å². The fourth-order valence-electron chi connectivity index (χ4n) is 10.0. The van der Waals surface area contributed by atoms with Crippen molar-refractivity contribution in [3.05, 3.63) is 41.0 Å². The zero-order valence-electron chi connectivity index (χ0n) is 23.6. The molecule has 0 spiro atoms. The number of ether oxygens (including phenoxy) is 4. The van der Waals surface area contributed by atoms with E-state index in [-0.39, 0.29) is 46.9 Å². The Hall–Kier alpha value is -1.44. The van der Waals surface area contributed by atoms with Crippen molar-refractivity contribution in [2.45, 2.75) is 97.6 Å². The van der Waals surface area contributed by atoms with Gasteiger partial charge in [0.2, 0.25) is 0 Å². The van der Waals surface area contributed by atoms with Crippen LogP contribution >= 0.6 is 0 Å². The summed E-state index contributed by atoms with van der Waals surface area (Å²) >= 11 is 0. The first kappa shape index (κ1) is 25.8. The maximum Gasteiger partial charge on any atom is 0.184 e. The highest BCUT2D eigenvalue weighted by Gasteiger charge is 2.75. The van der Waals surface area contributed by atoms with Crippen LogP contribution in [0.2, 0.25) is 0 Å². The van der Waals surface area contributed by atoms with Gasteiger partial charge in [0.15, 0.2) is 6.29 Å². The van der Waals surface area contributed by atoms with Crippen LogP contribution in [0.15, 0.2) is 35.4 Å². The summed E-state index contributed by atoms with van der Waals surface area (Å²) in [6.45, 7) is 15.9. The molecule has 6 heteroatoms. The van der Waals surface area contributed by atoms with Crippen molar-refractivity contribution in [3.8, 4) is 5.75 Å². The molecule has 11 atom stereocenters. The Kier molecular flexibility index (Phi) is 5.61. The van der Waals surface area contributed by atoms with Crippen LogP contribution in [0.1, 0.15) is 73.2 Å². The van der Waals surface area contributed by atoms with Gasteiger partial charge in [-0.3, -0.25) is 0 Å². The van der Waals surface area contributed by atoms with Gasteiger partial charge in [-0.1, -0.05) is 45.4 Å². The minimum atomic E-state index is -1.02. The van der Waals surface area contributed by atoms with Crippen LogP contribution in [0.25, 0.3) is 0 Å². The average molecular weight is 513 g/mol. The molecule has 1 aromatic rings. The summed E-state index contributed by atoms with van der Waals surface area (Å²) in [5.41, 5.74) is 1.26. The van der Waals surface area contributed by atoms with Gasteiger partial charge in [0, 0.05) is 34.1 Å². The van der Waals surface area contributed by atoms with Gasteiger partial charge in [0.25, 0.3) is 0 Å². The van der Waals surface area contributed by atoms with E-state index in [0.717, 1.165) is 23.3 Å². The molecular weight excluding hydrogens is 468 g/mol. The number of aliphatic hydroxyl groups is 2. The van der Waals surface area contributed by atoms with E-state index >= 15 is 0 Å². The predicted octanol–water partition coefficient (Wildman–Crippen LogP) is 5.03. The van der Waals surface area contributed by atoms with E-state index in [1.807, 2.05) is 38.1 Å². The number of benzene rings is 1. The van der Waals surface area contributed by atoms with Crippen LogP contribution in [0.5, 0.6) is 5.75 Å². The molecule has 2 aliphatic heterocycles. The molecule has 37 heavy (non-hydrogen) atoms. The molecule has 2 saturated carbocycles. The first-order valence-corrected chi connectivity index (χ1v) is 14.0. The van der Waals surface area contributed by atoms with E-state index in [4.69, 9.17) is 18.9 Å². The maximum absolute atomic E-state index is 11.9. The van der Waals surface area contributed by atoms with Crippen molar-refractivity contribution in [3.63, 3.8) is 0 Å². The molecule has 5 aliphatic rings. The highest BCUT2D eigenvalue weighted by molar-refractivity contribution is 5.41. The van der Waals surface area contributed by atoms with Gasteiger partial charge in [0.05, 0.1) is 43.7 Å². The molecule has 6 rings (SSSR count). The van der Waals surface area contributed by atoms with Crippen molar-refractivity contribution in [2.75, 3.05) is 13.7 Å². The highest BCUT2D eigenvalue weighted by Crippen LogP contribution is 2.73. The van der Waals surface area contributed by atoms with Crippen molar-refractivity contribution >= 4 is 0 Å². The van der Waals surface area contributed by atoms with Gasteiger partial charge >= 0.3 is 0 Å². The molecule has 1 aromatic carbocycles. The highest BCUT2D eigenvalue weighted by atomic mass is 16.7. The molecule has 0 aromatic heterocycles. The van der Waals surface area contributed by atoms with Gasteiger partial charge in [0.1, 0.15) is 5.75 Å². The smallest absolute Gasteiger partial charge is 0.184 e. The van der Waals surface area contributed by atoms with E-state index in [9.17, 15) is 10.2 Å². The number of fused-ring (bicyclic) bond motifs is 3. The van der Waals surface area contributed by atoms with Crippen LogP contribution in [0.3, 0.4) is 0 Å². The van der Waals surface area contributed by atoms with Gasteiger partial charge in [-0.25, -0.2) is 0 Å². The van der Waals surface area contributed by atoms with Gasteiger partial charge in [-0.05, 0) is 56.7 Å². The quantitative estimate of drug-likeness (QED) is 0.553. The third kappa shape index (κ3) is 3.11. The Morgan fingerprint density at radius 2 is 1.73 bits per heavy atom. The Morgan fingerprint density at radius 3 is 2.30 bits per heavy atom. The standard InChI is InChI=1S/C31H44O6/c1-16-21(32)14-31(28(4,5)33)18(3)25-29(6)15-35-22(29)13-23-30(25,7)26(17(2)24(16)31)37-27(36-23)19-9-11-20(34-8)12-10-19/h9-12,17-18,21-23,25-27,32-33H,13-15H2,1-8H3/t17-,18-,21-,22+,23-,25+,26-,27?,29+,30+,31+/m0/s1. The summed E-state index contributed by atoms with van der Waals surface area (Å²) in [5, 5.41) is 23.2.